The van der Waals surface area contributed by atoms with Gasteiger partial charge in [0.25, 0.3) is 5.56 Å². The zero-order valence-corrected chi connectivity index (χ0v) is 13.8. The lowest BCUT2D eigenvalue weighted by Gasteiger charge is -2.56. The lowest BCUT2D eigenvalue weighted by atomic mass is 9.48. The number of nitrogens with zero attached hydrogens (tertiary/aromatic N) is 2. The standard InChI is InChI=1S/C16H23N3O4/c1-15(2)8-16(10-23-3)9-19(6-11(15)16)13(21)7-18-5-4-12(20)17-14(18)22/h4-5,11H,6-10H2,1-3H3,(H,17,20,22)/t11-,16-/m1/s1. The van der Waals surface area contributed by atoms with Gasteiger partial charge in [-0.15, -0.1) is 0 Å². The van der Waals surface area contributed by atoms with Crippen LogP contribution in [0.1, 0.15) is 20.3 Å². The van der Waals surface area contributed by atoms with Crippen molar-refractivity contribution in [2.45, 2.75) is 26.8 Å². The summed E-state index contributed by atoms with van der Waals surface area (Å²) < 4.78 is 6.62. The van der Waals surface area contributed by atoms with Crippen molar-refractivity contribution >= 4 is 5.91 Å². The lowest BCUT2D eigenvalue weighted by molar-refractivity contribution is -0.131. The van der Waals surface area contributed by atoms with Crippen molar-refractivity contribution < 1.29 is 9.53 Å². The zero-order chi connectivity index (χ0) is 16.8. The lowest BCUT2D eigenvalue weighted by Crippen LogP contribution is -2.55. The zero-order valence-electron chi connectivity index (χ0n) is 13.8. The number of aromatic nitrogens is 2. The SMILES string of the molecule is COC[C@@]12CN(C(=O)Cn3ccc(=O)[nH]c3=O)C[C@@H]1C(C)(C)C2. The first-order chi connectivity index (χ1) is 10.8. The number of rotatable bonds is 4. The van der Waals surface area contributed by atoms with Gasteiger partial charge in [0, 0.05) is 37.9 Å². The fraction of sp³-hybridized carbons (Fsp3) is 0.688. The van der Waals surface area contributed by atoms with Gasteiger partial charge in [0.15, 0.2) is 0 Å². The Balaban J connectivity index is 1.74. The molecule has 2 atom stereocenters. The van der Waals surface area contributed by atoms with Crippen molar-refractivity contribution in [3.05, 3.63) is 33.1 Å². The summed E-state index contributed by atoms with van der Waals surface area (Å²) in [7, 11) is 1.70. The molecule has 0 bridgehead atoms. The number of fused-ring (bicyclic) bond motifs is 1. The normalized spacial score (nSPS) is 28.3. The maximum absolute atomic E-state index is 12.6. The Morgan fingerprint density at radius 1 is 1.43 bits per heavy atom. The van der Waals surface area contributed by atoms with Gasteiger partial charge in [-0.05, 0) is 17.8 Å². The molecule has 1 aromatic heterocycles. The molecule has 126 valence electrons. The van der Waals surface area contributed by atoms with Crippen LogP contribution in [-0.2, 0) is 16.1 Å². The van der Waals surface area contributed by atoms with Gasteiger partial charge in [-0.25, -0.2) is 4.79 Å². The van der Waals surface area contributed by atoms with Crippen LogP contribution in [0.3, 0.4) is 0 Å². The molecule has 23 heavy (non-hydrogen) atoms. The highest BCUT2D eigenvalue weighted by molar-refractivity contribution is 5.76. The number of ether oxygens (including phenoxy) is 1. The molecule has 7 heteroatoms. The molecule has 2 aliphatic rings. The summed E-state index contributed by atoms with van der Waals surface area (Å²) >= 11 is 0. The molecular formula is C16H23N3O4. The van der Waals surface area contributed by atoms with Crippen LogP contribution in [0, 0.1) is 16.7 Å². The Hall–Kier alpha value is -1.89. The monoisotopic (exact) mass is 321 g/mol. The number of amides is 1. The molecule has 1 amide bonds. The summed E-state index contributed by atoms with van der Waals surface area (Å²) in [6, 6.07) is 1.25. The van der Waals surface area contributed by atoms with Gasteiger partial charge in [-0.3, -0.25) is 19.1 Å². The minimum absolute atomic E-state index is 0.0455. The predicted molar refractivity (Wildman–Crippen MR) is 84.1 cm³/mol. The Morgan fingerprint density at radius 3 is 2.78 bits per heavy atom. The topological polar surface area (TPSA) is 84.4 Å². The summed E-state index contributed by atoms with van der Waals surface area (Å²) in [5.74, 6) is 0.325. The van der Waals surface area contributed by atoms with Crippen molar-refractivity contribution in [2.24, 2.45) is 16.7 Å². The van der Waals surface area contributed by atoms with Crippen LogP contribution < -0.4 is 11.2 Å². The largest absolute Gasteiger partial charge is 0.384 e. The Kier molecular flexibility index (Phi) is 3.71. The van der Waals surface area contributed by atoms with Crippen LogP contribution in [-0.4, -0.2) is 47.2 Å². The molecule has 1 aliphatic heterocycles. The number of hydrogen-bond donors (Lipinski definition) is 1. The van der Waals surface area contributed by atoms with Gasteiger partial charge in [0.2, 0.25) is 5.91 Å². The number of methoxy groups -OCH3 is 1. The third-order valence-electron chi connectivity index (χ3n) is 5.39. The number of H-pyrrole nitrogens is 1. The first-order valence-corrected chi connectivity index (χ1v) is 7.84. The molecule has 3 rings (SSSR count). The molecule has 0 radical (unpaired) electrons. The molecule has 1 aliphatic carbocycles. The van der Waals surface area contributed by atoms with E-state index < -0.39 is 11.2 Å². The van der Waals surface area contributed by atoms with E-state index in [1.54, 1.807) is 7.11 Å². The van der Waals surface area contributed by atoms with E-state index >= 15 is 0 Å². The highest BCUT2D eigenvalue weighted by atomic mass is 16.5. The average molecular weight is 321 g/mol. The highest BCUT2D eigenvalue weighted by Crippen LogP contribution is 2.62. The van der Waals surface area contributed by atoms with Crippen LogP contribution in [0.2, 0.25) is 0 Å². The highest BCUT2D eigenvalue weighted by Gasteiger charge is 2.63. The van der Waals surface area contributed by atoms with Crippen LogP contribution in [0.15, 0.2) is 21.9 Å². The first-order valence-electron chi connectivity index (χ1n) is 7.84. The second kappa shape index (κ2) is 5.33. The molecule has 1 saturated heterocycles. The quantitative estimate of drug-likeness (QED) is 0.850. The number of carbonyl (C=O) groups is 1. The first kappa shape index (κ1) is 16.0. The average Bonchev–Trinajstić information content (AvgIpc) is 2.77. The summed E-state index contributed by atoms with van der Waals surface area (Å²) in [6.07, 6.45) is 2.40. The van der Waals surface area contributed by atoms with Gasteiger partial charge in [-0.2, -0.15) is 0 Å². The minimum Gasteiger partial charge on any atom is -0.384 e. The van der Waals surface area contributed by atoms with Gasteiger partial charge in [0.05, 0.1) is 6.61 Å². The molecule has 2 fully saturated rings. The second-order valence-corrected chi connectivity index (χ2v) is 7.53. The van der Waals surface area contributed by atoms with Crippen molar-refractivity contribution in [2.75, 3.05) is 26.8 Å². The Labute approximate surface area is 134 Å². The predicted octanol–water partition coefficient (Wildman–Crippen LogP) is 0.0577. The fourth-order valence-electron chi connectivity index (χ4n) is 4.61. The summed E-state index contributed by atoms with van der Waals surface area (Å²) in [4.78, 5) is 39.4. The molecule has 7 nitrogen and oxygen atoms in total. The van der Waals surface area contributed by atoms with Crippen molar-refractivity contribution in [1.29, 1.82) is 0 Å². The fourth-order valence-corrected chi connectivity index (χ4v) is 4.61. The Bertz CT molecular complexity index is 735. The van der Waals surface area contributed by atoms with Crippen LogP contribution in [0.4, 0.5) is 0 Å². The summed E-state index contributed by atoms with van der Waals surface area (Å²) in [5, 5.41) is 0. The second-order valence-electron chi connectivity index (χ2n) is 7.53. The number of nitrogens with one attached hydrogen (secondary N) is 1. The van der Waals surface area contributed by atoms with E-state index in [4.69, 9.17) is 4.74 Å². The van der Waals surface area contributed by atoms with Crippen molar-refractivity contribution in [1.82, 2.24) is 14.5 Å². The van der Waals surface area contributed by atoms with Gasteiger partial charge < -0.3 is 9.64 Å². The van der Waals surface area contributed by atoms with E-state index in [-0.39, 0.29) is 23.3 Å². The number of hydrogen-bond acceptors (Lipinski definition) is 4. The van der Waals surface area contributed by atoms with Crippen LogP contribution in [0.5, 0.6) is 0 Å². The third kappa shape index (κ3) is 2.63. The van der Waals surface area contributed by atoms with Crippen LogP contribution in [0.25, 0.3) is 0 Å². The minimum atomic E-state index is -0.556. The molecule has 2 heterocycles. The van der Waals surface area contributed by atoms with E-state index in [0.29, 0.717) is 25.6 Å². The molecule has 1 aromatic rings. The van der Waals surface area contributed by atoms with Gasteiger partial charge in [0.1, 0.15) is 6.54 Å². The van der Waals surface area contributed by atoms with Crippen LogP contribution >= 0.6 is 0 Å². The molecule has 0 aromatic carbocycles. The molecule has 1 saturated carbocycles. The van der Waals surface area contributed by atoms with Crippen molar-refractivity contribution in [3.8, 4) is 0 Å². The number of carbonyl (C=O) groups excluding carboxylic acids is 1. The molecule has 0 unspecified atom stereocenters. The summed E-state index contributed by atoms with van der Waals surface area (Å²) in [5.41, 5.74) is -0.759. The van der Waals surface area contributed by atoms with E-state index in [9.17, 15) is 14.4 Å². The molecule has 1 N–H and O–H groups in total. The smallest absolute Gasteiger partial charge is 0.328 e. The molecular weight excluding hydrogens is 298 g/mol. The summed E-state index contributed by atoms with van der Waals surface area (Å²) in [6.45, 7) is 6.44. The van der Waals surface area contributed by atoms with E-state index in [0.717, 1.165) is 6.42 Å². The maximum Gasteiger partial charge on any atom is 0.328 e. The van der Waals surface area contributed by atoms with E-state index in [1.165, 1.54) is 16.8 Å². The Morgan fingerprint density at radius 2 is 2.17 bits per heavy atom. The third-order valence-corrected chi connectivity index (χ3v) is 5.39. The number of aromatic amines is 1. The number of likely N-dealkylation sites (tertiary alicyclic amines) is 1. The van der Waals surface area contributed by atoms with Gasteiger partial charge >= 0.3 is 5.69 Å². The maximum atomic E-state index is 12.6. The van der Waals surface area contributed by atoms with E-state index in [1.807, 2.05) is 4.90 Å². The van der Waals surface area contributed by atoms with E-state index in [2.05, 4.69) is 18.8 Å². The van der Waals surface area contributed by atoms with Gasteiger partial charge in [-0.1, -0.05) is 13.8 Å². The van der Waals surface area contributed by atoms with Crippen molar-refractivity contribution in [3.63, 3.8) is 0 Å². The molecule has 0 spiro atoms.